The molecule has 36 heavy (non-hydrogen) atoms. The van der Waals surface area contributed by atoms with Gasteiger partial charge >= 0.3 is 11.7 Å². The van der Waals surface area contributed by atoms with Crippen molar-refractivity contribution in [3.05, 3.63) is 77.6 Å². The highest BCUT2D eigenvalue weighted by Gasteiger charge is 2.29. The molecule has 185 valence electrons. The fraction of sp³-hybridized carbons (Fsp3) is 0.231. The lowest BCUT2D eigenvalue weighted by Crippen LogP contribution is -2.28. The predicted octanol–water partition coefficient (Wildman–Crippen LogP) is 4.37. The molecule has 0 saturated carbocycles. The van der Waals surface area contributed by atoms with E-state index < -0.39 is 6.04 Å². The summed E-state index contributed by atoms with van der Waals surface area (Å²) in [7, 11) is 1.53. The maximum atomic E-state index is 12.9. The first-order chi connectivity index (χ1) is 17.6. The van der Waals surface area contributed by atoms with Crippen LogP contribution in [0.15, 0.2) is 80.3 Å². The molecular weight excluding hydrogens is 456 g/mol. The van der Waals surface area contributed by atoms with Gasteiger partial charge in [-0.1, -0.05) is 31.2 Å². The van der Waals surface area contributed by atoms with E-state index in [1.165, 1.54) is 13.4 Å². The number of carbonyl (C=O) groups excluding carboxylic acids is 1. The summed E-state index contributed by atoms with van der Waals surface area (Å²) < 4.78 is 7.36. The Hall–Kier alpha value is -4.65. The van der Waals surface area contributed by atoms with Gasteiger partial charge in [0.25, 0.3) is 5.91 Å². The van der Waals surface area contributed by atoms with Crippen molar-refractivity contribution in [1.82, 2.24) is 5.32 Å². The number of nitriles is 1. The highest BCUT2D eigenvalue weighted by molar-refractivity contribution is 5.96. The Kier molecular flexibility index (Phi) is 7.93. The number of hydrogen-bond donors (Lipinski definition) is 2. The van der Waals surface area contributed by atoms with Crippen molar-refractivity contribution < 1.29 is 17.0 Å². The fourth-order valence-electron chi connectivity index (χ4n) is 3.79. The number of nitrogens with zero attached hydrogens (tertiary/aromatic N) is 6. The van der Waals surface area contributed by atoms with Gasteiger partial charge in [-0.05, 0) is 30.7 Å². The van der Waals surface area contributed by atoms with Gasteiger partial charge in [-0.15, -0.1) is 0 Å². The molecule has 0 bridgehead atoms. The minimum atomic E-state index is -0.849. The van der Waals surface area contributed by atoms with Crippen molar-refractivity contribution in [3.8, 4) is 11.8 Å². The van der Waals surface area contributed by atoms with E-state index in [0.717, 1.165) is 24.5 Å². The topological polar surface area (TPSA) is 127 Å². The SMILES string of the molecule is CCC[N+]1=C(CNc2cccc(C(=O)N[C@H](C#N)c3ccccc3OC)c2)N=N/C1=C1/[CH]C=NC=N1.[HH].[HH]. The number of methoxy groups -OCH3 is 1. The first-order valence-corrected chi connectivity index (χ1v) is 11.5. The number of hydrogen-bond acceptors (Lipinski definition) is 8. The van der Waals surface area contributed by atoms with Gasteiger partial charge in [-0.25, -0.2) is 14.6 Å². The molecule has 1 radical (unpaired) electrons. The van der Waals surface area contributed by atoms with Crippen molar-refractivity contribution >= 4 is 30.0 Å². The minimum Gasteiger partial charge on any atom is -0.496 e. The number of allylic oxidation sites excluding steroid dienone is 1. The van der Waals surface area contributed by atoms with Gasteiger partial charge in [0.2, 0.25) is 0 Å². The van der Waals surface area contributed by atoms with Gasteiger partial charge in [0.05, 0.1) is 36.4 Å². The van der Waals surface area contributed by atoms with E-state index in [1.54, 1.807) is 49.0 Å². The van der Waals surface area contributed by atoms with Crippen LogP contribution in [-0.2, 0) is 0 Å². The Morgan fingerprint density at radius 2 is 2.08 bits per heavy atom. The minimum absolute atomic E-state index is 0. The molecule has 2 aromatic carbocycles. The lowest BCUT2D eigenvalue weighted by molar-refractivity contribution is -0.475. The molecule has 2 N–H and O–H groups in total. The van der Waals surface area contributed by atoms with Crippen LogP contribution in [0.2, 0.25) is 0 Å². The summed E-state index contributed by atoms with van der Waals surface area (Å²) in [4.78, 5) is 21.2. The third-order valence-corrected chi connectivity index (χ3v) is 5.52. The van der Waals surface area contributed by atoms with Crippen LogP contribution in [0.5, 0.6) is 5.75 Å². The van der Waals surface area contributed by atoms with Crippen molar-refractivity contribution in [3.63, 3.8) is 0 Å². The van der Waals surface area contributed by atoms with Crippen LogP contribution in [0, 0.1) is 17.8 Å². The number of anilines is 1. The second-order valence-electron chi connectivity index (χ2n) is 7.90. The predicted molar refractivity (Wildman–Crippen MR) is 142 cm³/mol. The smallest absolute Gasteiger partial charge is 0.328 e. The van der Waals surface area contributed by atoms with Gasteiger partial charge in [0, 0.05) is 25.9 Å². The molecule has 10 heteroatoms. The summed E-state index contributed by atoms with van der Waals surface area (Å²) in [5.41, 5.74) is 2.47. The summed E-state index contributed by atoms with van der Waals surface area (Å²) >= 11 is 0. The molecule has 2 aliphatic heterocycles. The van der Waals surface area contributed by atoms with Crippen molar-refractivity contribution in [2.45, 2.75) is 19.4 Å². The summed E-state index contributed by atoms with van der Waals surface area (Å²) in [5.74, 6) is 1.61. The molecule has 4 rings (SSSR count). The molecule has 1 atom stereocenters. The first kappa shape index (κ1) is 24.5. The maximum absolute atomic E-state index is 12.9. The molecule has 2 aliphatic rings. The molecule has 1 amide bonds. The van der Waals surface area contributed by atoms with Crippen LogP contribution in [0.3, 0.4) is 0 Å². The van der Waals surface area contributed by atoms with E-state index in [4.69, 9.17) is 4.74 Å². The lowest BCUT2D eigenvalue weighted by Gasteiger charge is -2.15. The normalized spacial score (nSPS) is 17.1. The second-order valence-corrected chi connectivity index (χ2v) is 7.90. The highest BCUT2D eigenvalue weighted by atomic mass is 16.5. The van der Waals surface area contributed by atoms with Crippen LogP contribution in [0.4, 0.5) is 5.69 Å². The van der Waals surface area contributed by atoms with Crippen LogP contribution < -0.4 is 15.4 Å². The third-order valence-electron chi connectivity index (χ3n) is 5.52. The molecule has 0 saturated heterocycles. The largest absolute Gasteiger partial charge is 0.496 e. The van der Waals surface area contributed by atoms with Crippen molar-refractivity contribution in [1.29, 1.82) is 5.26 Å². The number of amidine groups is 1. The number of azo groups is 1. The number of benzene rings is 2. The van der Waals surface area contributed by atoms with Gasteiger partial charge in [0.15, 0.2) is 0 Å². The van der Waals surface area contributed by atoms with Crippen LogP contribution >= 0.6 is 0 Å². The molecular formula is C26H30N8O2+. The fourth-order valence-corrected chi connectivity index (χ4v) is 3.79. The van der Waals surface area contributed by atoms with Crippen molar-refractivity contribution in [2.75, 3.05) is 25.5 Å². The number of nitrogens with one attached hydrogen (secondary N) is 2. The average Bonchev–Trinajstić information content (AvgIpc) is 3.33. The highest BCUT2D eigenvalue weighted by Crippen LogP contribution is 2.25. The Morgan fingerprint density at radius 3 is 2.83 bits per heavy atom. The molecule has 2 aromatic rings. The molecule has 10 nitrogen and oxygen atoms in total. The Balaban J connectivity index is 0.00000253. The Labute approximate surface area is 212 Å². The van der Waals surface area contributed by atoms with Gasteiger partial charge in [-0.2, -0.15) is 5.26 Å². The summed E-state index contributed by atoms with van der Waals surface area (Å²) in [6.45, 7) is 3.23. The van der Waals surface area contributed by atoms with E-state index in [2.05, 4.69) is 43.8 Å². The standard InChI is InChI=1S/C26H25N8O2.2H2/c1-3-13-34-24(32-33-25(34)21-11-12-28-17-30-21)16-29-19-8-6-7-18(14-19)26(35)31-22(15-27)20-9-4-5-10-23(20)36-2;;/h4-12,14,17,22,29H,3,13,16H2,1-2H3;2*1H/p+1/t22-;;/m1../s1. The summed E-state index contributed by atoms with van der Waals surface area (Å²) in [6.07, 6.45) is 5.87. The summed E-state index contributed by atoms with van der Waals surface area (Å²) in [5, 5.41) is 24.4. The molecule has 0 fully saturated rings. The molecule has 0 aromatic heterocycles. The molecule has 0 aliphatic carbocycles. The van der Waals surface area contributed by atoms with Crippen molar-refractivity contribution in [2.24, 2.45) is 20.2 Å². The van der Waals surface area contributed by atoms with E-state index in [0.29, 0.717) is 34.9 Å². The first-order valence-electron chi connectivity index (χ1n) is 11.5. The van der Waals surface area contributed by atoms with Crippen LogP contribution in [0.1, 0.15) is 38.2 Å². The van der Waals surface area contributed by atoms with Crippen LogP contribution in [0.25, 0.3) is 0 Å². The van der Waals surface area contributed by atoms with E-state index in [1.807, 2.05) is 16.7 Å². The third kappa shape index (κ3) is 5.52. The molecule has 0 spiro atoms. The van der Waals surface area contributed by atoms with Crippen LogP contribution in [-0.4, -0.2) is 49.1 Å². The van der Waals surface area contributed by atoms with Gasteiger partial charge < -0.3 is 15.4 Å². The number of rotatable bonds is 9. The zero-order valence-corrected chi connectivity index (χ0v) is 20.0. The van der Waals surface area contributed by atoms with Gasteiger partial charge in [0.1, 0.15) is 30.4 Å². The van der Waals surface area contributed by atoms with Gasteiger partial charge in [-0.3, -0.25) is 4.79 Å². The maximum Gasteiger partial charge on any atom is 0.328 e. The summed E-state index contributed by atoms with van der Waals surface area (Å²) in [6, 6.07) is 15.5. The Bertz CT molecular complexity index is 1340. The zero-order chi connectivity index (χ0) is 25.3. The number of ether oxygens (including phenoxy) is 1. The lowest BCUT2D eigenvalue weighted by atomic mass is 10.1. The average molecular weight is 487 g/mol. The van der Waals surface area contributed by atoms with E-state index in [-0.39, 0.29) is 8.76 Å². The Morgan fingerprint density at radius 1 is 1.22 bits per heavy atom. The van der Waals surface area contributed by atoms with E-state index >= 15 is 0 Å². The second kappa shape index (κ2) is 11.7. The number of aliphatic imine (C=N–C) groups is 2. The van der Waals surface area contributed by atoms with E-state index in [9.17, 15) is 10.1 Å². The molecule has 0 unspecified atom stereocenters. The quantitative estimate of drug-likeness (QED) is 0.510. The number of para-hydroxylation sites is 1. The zero-order valence-electron chi connectivity index (χ0n) is 20.0. The monoisotopic (exact) mass is 486 g/mol. The molecule has 2 heterocycles. The number of carbonyl (C=O) groups is 1. The number of amides is 1.